The highest BCUT2D eigenvalue weighted by molar-refractivity contribution is 9.10. The second-order valence-corrected chi connectivity index (χ2v) is 2.98. The second kappa shape index (κ2) is 5.56. The lowest BCUT2D eigenvalue weighted by atomic mass is 10.3. The number of hydrogen-bond acceptors (Lipinski definition) is 1. The van der Waals surface area contributed by atoms with E-state index in [1.807, 2.05) is 26.8 Å². The highest BCUT2D eigenvalue weighted by Crippen LogP contribution is 2.16. The average molecular weight is 237 g/mol. The van der Waals surface area contributed by atoms with Crippen molar-refractivity contribution in [2.75, 3.05) is 0 Å². The Kier molecular flexibility index (Phi) is 5.51. The van der Waals surface area contributed by atoms with Gasteiger partial charge in [0.05, 0.1) is 5.02 Å². The van der Waals surface area contributed by atoms with Gasteiger partial charge in [-0.15, -0.1) is 0 Å². The van der Waals surface area contributed by atoms with Gasteiger partial charge < -0.3 is 0 Å². The predicted octanol–water partition coefficient (Wildman–Crippen LogP) is 3.83. The number of rotatable bonds is 0. The molecule has 0 radical (unpaired) electrons. The zero-order valence-corrected chi connectivity index (χ0v) is 9.20. The molecule has 0 saturated heterocycles. The van der Waals surface area contributed by atoms with Crippen molar-refractivity contribution < 1.29 is 0 Å². The molecule has 11 heavy (non-hydrogen) atoms. The fraction of sp³-hybridized carbons (Fsp3) is 0.375. The molecule has 0 unspecified atom stereocenters. The van der Waals surface area contributed by atoms with Gasteiger partial charge >= 0.3 is 0 Å². The third-order valence-corrected chi connectivity index (χ3v) is 1.84. The zero-order valence-electron chi connectivity index (χ0n) is 6.86. The van der Waals surface area contributed by atoms with Gasteiger partial charge in [0.15, 0.2) is 0 Å². The van der Waals surface area contributed by atoms with Crippen molar-refractivity contribution in [3.05, 3.63) is 27.5 Å². The third-order valence-electron chi connectivity index (χ3n) is 1.01. The maximum Gasteiger partial charge on any atom is 0.106 e. The molecule has 0 bridgehead atoms. The summed E-state index contributed by atoms with van der Waals surface area (Å²) < 4.78 is 0.824. The molecule has 62 valence electrons. The van der Waals surface area contributed by atoms with Gasteiger partial charge in [0.2, 0.25) is 0 Å². The van der Waals surface area contributed by atoms with Gasteiger partial charge in [0.25, 0.3) is 0 Å². The zero-order chi connectivity index (χ0) is 8.85. The average Bonchev–Trinajstić information content (AvgIpc) is 2.02. The summed E-state index contributed by atoms with van der Waals surface area (Å²) in [5.74, 6) is 0. The maximum absolute atomic E-state index is 5.70. The Morgan fingerprint density at radius 1 is 1.45 bits per heavy atom. The molecule has 1 nitrogen and oxygen atoms in total. The van der Waals surface area contributed by atoms with Gasteiger partial charge in [0.1, 0.15) is 4.60 Å². The van der Waals surface area contributed by atoms with Gasteiger partial charge in [-0.3, -0.25) is 0 Å². The highest BCUT2D eigenvalue weighted by atomic mass is 79.9. The molecule has 0 saturated carbocycles. The molecular formula is C8H11BrClN. The van der Waals surface area contributed by atoms with Crippen LogP contribution < -0.4 is 0 Å². The van der Waals surface area contributed by atoms with Crippen LogP contribution in [0.2, 0.25) is 5.02 Å². The molecule has 1 heterocycles. The normalized spacial score (nSPS) is 8.45. The van der Waals surface area contributed by atoms with Crippen molar-refractivity contribution in [1.29, 1.82) is 0 Å². The van der Waals surface area contributed by atoms with Gasteiger partial charge in [-0.05, 0) is 34.5 Å². The van der Waals surface area contributed by atoms with Gasteiger partial charge in [-0.2, -0.15) is 0 Å². The van der Waals surface area contributed by atoms with Crippen LogP contribution in [-0.2, 0) is 0 Å². The molecule has 0 spiro atoms. The van der Waals surface area contributed by atoms with E-state index in [1.165, 1.54) is 0 Å². The monoisotopic (exact) mass is 235 g/mol. The minimum atomic E-state index is 0.707. The lowest BCUT2D eigenvalue weighted by Crippen LogP contribution is -1.78. The number of hydrogen-bond donors (Lipinski definition) is 0. The van der Waals surface area contributed by atoms with E-state index in [-0.39, 0.29) is 0 Å². The number of nitrogens with zero attached hydrogens (tertiary/aromatic N) is 1. The van der Waals surface area contributed by atoms with E-state index in [2.05, 4.69) is 20.9 Å². The Hall–Kier alpha value is -0.0800. The Balaban J connectivity index is 0.000000461. The highest BCUT2D eigenvalue weighted by Gasteiger charge is 1.93. The van der Waals surface area contributed by atoms with Crippen LogP contribution in [0.3, 0.4) is 0 Å². The molecule has 0 N–H and O–H groups in total. The summed E-state index contributed by atoms with van der Waals surface area (Å²) in [6.45, 7) is 5.94. The summed E-state index contributed by atoms with van der Waals surface area (Å²) in [6.07, 6.45) is 1.63. The maximum atomic E-state index is 5.70. The fourth-order valence-corrected chi connectivity index (χ4v) is 1.05. The molecule has 0 fully saturated rings. The first kappa shape index (κ1) is 10.9. The molecule has 0 atom stereocenters. The SMILES string of the molecule is CC.Cc1cc(Br)ncc1Cl. The molecule has 0 aliphatic heterocycles. The quantitative estimate of drug-likeness (QED) is 0.624. The molecule has 3 heteroatoms. The first-order valence-corrected chi connectivity index (χ1v) is 4.65. The van der Waals surface area contributed by atoms with Crippen LogP contribution >= 0.6 is 27.5 Å². The summed E-state index contributed by atoms with van der Waals surface area (Å²) in [5, 5.41) is 0.707. The van der Waals surface area contributed by atoms with E-state index < -0.39 is 0 Å². The van der Waals surface area contributed by atoms with Crippen LogP contribution in [0.25, 0.3) is 0 Å². The van der Waals surface area contributed by atoms with Crippen molar-refractivity contribution in [2.24, 2.45) is 0 Å². The Labute approximate surface area is 80.9 Å². The standard InChI is InChI=1S/C6H5BrClN.C2H6/c1-4-2-6(7)9-3-5(4)8;1-2/h2-3H,1H3;1-2H3. The number of aryl methyl sites for hydroxylation is 1. The molecule has 0 aliphatic rings. The Morgan fingerprint density at radius 2 is 2.00 bits per heavy atom. The fourth-order valence-electron chi connectivity index (χ4n) is 0.505. The van der Waals surface area contributed by atoms with Crippen LogP contribution in [0.4, 0.5) is 0 Å². The second-order valence-electron chi connectivity index (χ2n) is 1.76. The first-order valence-electron chi connectivity index (χ1n) is 3.48. The van der Waals surface area contributed by atoms with Crippen molar-refractivity contribution >= 4 is 27.5 Å². The Bertz CT molecular complexity index is 225. The van der Waals surface area contributed by atoms with Crippen LogP contribution in [-0.4, -0.2) is 4.98 Å². The van der Waals surface area contributed by atoms with E-state index in [0.29, 0.717) is 5.02 Å². The number of halogens is 2. The predicted molar refractivity (Wildman–Crippen MR) is 53.0 cm³/mol. The van der Waals surface area contributed by atoms with E-state index in [1.54, 1.807) is 6.20 Å². The minimum absolute atomic E-state index is 0.707. The molecule has 1 aromatic rings. The Morgan fingerprint density at radius 3 is 2.36 bits per heavy atom. The summed E-state index contributed by atoms with van der Waals surface area (Å²) in [4.78, 5) is 3.92. The van der Waals surface area contributed by atoms with E-state index >= 15 is 0 Å². The van der Waals surface area contributed by atoms with Crippen LogP contribution in [0.1, 0.15) is 19.4 Å². The van der Waals surface area contributed by atoms with Crippen molar-refractivity contribution in [1.82, 2.24) is 4.98 Å². The van der Waals surface area contributed by atoms with E-state index in [4.69, 9.17) is 11.6 Å². The largest absolute Gasteiger partial charge is 0.248 e. The lowest BCUT2D eigenvalue weighted by Gasteiger charge is -1.94. The summed E-state index contributed by atoms with van der Waals surface area (Å²) in [7, 11) is 0. The first-order chi connectivity index (χ1) is 5.20. The van der Waals surface area contributed by atoms with Crippen LogP contribution in [0.15, 0.2) is 16.9 Å². The molecule has 1 rings (SSSR count). The minimum Gasteiger partial charge on any atom is -0.248 e. The molecular weight excluding hydrogens is 225 g/mol. The molecule has 0 aliphatic carbocycles. The smallest absolute Gasteiger partial charge is 0.106 e. The molecule has 0 amide bonds. The van der Waals surface area contributed by atoms with Gasteiger partial charge in [0, 0.05) is 6.20 Å². The van der Waals surface area contributed by atoms with Gasteiger partial charge in [-0.25, -0.2) is 4.98 Å². The van der Waals surface area contributed by atoms with E-state index in [9.17, 15) is 0 Å². The van der Waals surface area contributed by atoms with Crippen LogP contribution in [0, 0.1) is 6.92 Å². The summed E-state index contributed by atoms with van der Waals surface area (Å²) >= 11 is 8.92. The van der Waals surface area contributed by atoms with Crippen molar-refractivity contribution in [3.8, 4) is 0 Å². The number of aromatic nitrogens is 1. The number of pyridine rings is 1. The third kappa shape index (κ3) is 3.73. The van der Waals surface area contributed by atoms with Crippen molar-refractivity contribution in [2.45, 2.75) is 20.8 Å². The lowest BCUT2D eigenvalue weighted by molar-refractivity contribution is 1.24. The van der Waals surface area contributed by atoms with E-state index in [0.717, 1.165) is 10.2 Å². The molecule has 0 aromatic carbocycles. The summed E-state index contributed by atoms with van der Waals surface area (Å²) in [6, 6.07) is 1.88. The molecule has 1 aromatic heterocycles. The summed E-state index contributed by atoms with van der Waals surface area (Å²) in [5.41, 5.74) is 1.04. The van der Waals surface area contributed by atoms with Gasteiger partial charge in [-0.1, -0.05) is 25.4 Å². The van der Waals surface area contributed by atoms with Crippen LogP contribution in [0.5, 0.6) is 0 Å². The van der Waals surface area contributed by atoms with Crippen molar-refractivity contribution in [3.63, 3.8) is 0 Å². The topological polar surface area (TPSA) is 12.9 Å².